The van der Waals surface area contributed by atoms with Crippen molar-refractivity contribution < 1.29 is 0 Å². The lowest BCUT2D eigenvalue weighted by Gasteiger charge is -2.28. The minimum absolute atomic E-state index is 0.399. The van der Waals surface area contributed by atoms with Gasteiger partial charge in [-0.1, -0.05) is 25.4 Å². The van der Waals surface area contributed by atoms with Crippen LogP contribution in [0, 0.1) is 5.92 Å². The van der Waals surface area contributed by atoms with Crippen LogP contribution >= 0.6 is 11.6 Å². The van der Waals surface area contributed by atoms with Crippen LogP contribution in [0.15, 0.2) is 12.4 Å². The van der Waals surface area contributed by atoms with Crippen molar-refractivity contribution >= 4 is 23.2 Å². The van der Waals surface area contributed by atoms with Crippen LogP contribution in [0.5, 0.6) is 0 Å². The first-order valence-corrected chi connectivity index (χ1v) is 6.46. The van der Waals surface area contributed by atoms with Crippen LogP contribution < -0.4 is 4.90 Å². The summed E-state index contributed by atoms with van der Waals surface area (Å²) in [7, 11) is 2.04. The summed E-state index contributed by atoms with van der Waals surface area (Å²) in [6.45, 7) is 6.63. The van der Waals surface area contributed by atoms with Crippen LogP contribution in [-0.4, -0.2) is 32.7 Å². The quantitative estimate of drug-likeness (QED) is 0.799. The average Bonchev–Trinajstić information content (AvgIpc) is 2.73. The molecule has 6 heteroatoms. The third-order valence-electron chi connectivity index (χ3n) is 3.04. The molecule has 2 aromatic heterocycles. The molecule has 0 N–H and O–H groups in total. The van der Waals surface area contributed by atoms with E-state index in [1.54, 1.807) is 4.52 Å². The molecule has 0 bridgehead atoms. The Morgan fingerprint density at radius 2 is 2.11 bits per heavy atom. The number of hydrogen-bond donors (Lipinski definition) is 0. The highest BCUT2D eigenvalue weighted by Gasteiger charge is 2.16. The van der Waals surface area contributed by atoms with Gasteiger partial charge in [0, 0.05) is 19.2 Å². The largest absolute Gasteiger partial charge is 0.357 e. The molecule has 1 atom stereocenters. The fraction of sp³-hybridized carbons (Fsp3) is 0.583. The van der Waals surface area contributed by atoms with E-state index in [4.69, 9.17) is 11.6 Å². The highest BCUT2D eigenvalue weighted by Crippen LogP contribution is 2.21. The Morgan fingerprint density at radius 3 is 2.78 bits per heavy atom. The van der Waals surface area contributed by atoms with Crippen molar-refractivity contribution in [2.75, 3.05) is 11.9 Å². The maximum absolute atomic E-state index is 6.02. The van der Waals surface area contributed by atoms with E-state index < -0.39 is 0 Å². The molecule has 0 aromatic carbocycles. The van der Waals surface area contributed by atoms with Gasteiger partial charge in [-0.15, -0.1) is 0 Å². The summed E-state index contributed by atoms with van der Waals surface area (Å²) in [6.07, 6.45) is 2.59. The zero-order chi connectivity index (χ0) is 13.3. The molecule has 1 unspecified atom stereocenters. The van der Waals surface area contributed by atoms with E-state index in [0.29, 0.717) is 22.9 Å². The standard InChI is InChI=1S/C12H18ClN5/c1-8(2)5-9(3)17(4)11-6-10(13)16-12-14-7-15-18(11)12/h6-9H,5H2,1-4H3. The number of hydrogen-bond acceptors (Lipinski definition) is 4. The van der Waals surface area contributed by atoms with Gasteiger partial charge in [-0.05, 0) is 19.3 Å². The first-order chi connectivity index (χ1) is 8.49. The highest BCUT2D eigenvalue weighted by molar-refractivity contribution is 6.29. The van der Waals surface area contributed by atoms with E-state index in [1.165, 1.54) is 6.33 Å². The molecule has 18 heavy (non-hydrogen) atoms. The smallest absolute Gasteiger partial charge is 0.255 e. The summed E-state index contributed by atoms with van der Waals surface area (Å²) in [5.41, 5.74) is 0. The lowest BCUT2D eigenvalue weighted by Crippen LogP contribution is -2.31. The molecule has 2 heterocycles. The van der Waals surface area contributed by atoms with Gasteiger partial charge in [-0.3, -0.25) is 0 Å². The van der Waals surface area contributed by atoms with E-state index in [9.17, 15) is 0 Å². The van der Waals surface area contributed by atoms with Crippen LogP contribution in [0.1, 0.15) is 27.2 Å². The molecule has 0 saturated carbocycles. The minimum atomic E-state index is 0.399. The van der Waals surface area contributed by atoms with Crippen molar-refractivity contribution in [2.45, 2.75) is 33.2 Å². The summed E-state index contributed by atoms with van der Waals surface area (Å²) >= 11 is 6.02. The molecule has 5 nitrogen and oxygen atoms in total. The van der Waals surface area contributed by atoms with Crippen LogP contribution in [0.2, 0.25) is 5.15 Å². The number of anilines is 1. The van der Waals surface area contributed by atoms with Crippen LogP contribution in [0.3, 0.4) is 0 Å². The van der Waals surface area contributed by atoms with E-state index >= 15 is 0 Å². The van der Waals surface area contributed by atoms with Gasteiger partial charge in [0.1, 0.15) is 17.3 Å². The Kier molecular flexibility index (Phi) is 3.71. The molecule has 0 aliphatic carbocycles. The first-order valence-electron chi connectivity index (χ1n) is 6.08. The SMILES string of the molecule is CC(C)CC(C)N(C)c1cc(Cl)nc2ncnn12. The fourth-order valence-electron chi connectivity index (χ4n) is 2.09. The van der Waals surface area contributed by atoms with Crippen molar-refractivity contribution in [3.63, 3.8) is 0 Å². The van der Waals surface area contributed by atoms with Crippen LogP contribution in [0.4, 0.5) is 5.82 Å². The van der Waals surface area contributed by atoms with Gasteiger partial charge >= 0.3 is 0 Å². The molecule has 2 rings (SSSR count). The molecular formula is C12H18ClN5. The molecule has 0 radical (unpaired) electrons. The summed E-state index contributed by atoms with van der Waals surface area (Å²) in [4.78, 5) is 10.4. The van der Waals surface area contributed by atoms with E-state index in [-0.39, 0.29) is 0 Å². The first kappa shape index (κ1) is 13.1. The van der Waals surface area contributed by atoms with Crippen molar-refractivity contribution in [2.24, 2.45) is 5.92 Å². The topological polar surface area (TPSA) is 46.3 Å². The maximum Gasteiger partial charge on any atom is 0.255 e. The summed E-state index contributed by atoms with van der Waals surface area (Å²) in [6, 6.07) is 2.22. The second kappa shape index (κ2) is 5.10. The number of rotatable bonds is 4. The Hall–Kier alpha value is -1.36. The zero-order valence-corrected chi connectivity index (χ0v) is 11.9. The Labute approximate surface area is 112 Å². The number of fused-ring (bicyclic) bond motifs is 1. The van der Waals surface area contributed by atoms with E-state index in [2.05, 4.69) is 40.7 Å². The lowest BCUT2D eigenvalue weighted by molar-refractivity contribution is 0.500. The molecule has 0 spiro atoms. The lowest BCUT2D eigenvalue weighted by atomic mass is 10.0. The van der Waals surface area contributed by atoms with Crippen LogP contribution in [-0.2, 0) is 0 Å². The van der Waals surface area contributed by atoms with E-state index in [0.717, 1.165) is 12.2 Å². The van der Waals surface area contributed by atoms with Crippen LogP contribution in [0.25, 0.3) is 5.78 Å². The van der Waals surface area contributed by atoms with Gasteiger partial charge in [-0.2, -0.15) is 19.6 Å². The number of aromatic nitrogens is 4. The predicted octanol–water partition coefficient (Wildman–Crippen LogP) is 2.65. The van der Waals surface area contributed by atoms with Gasteiger partial charge in [0.25, 0.3) is 5.78 Å². The van der Waals surface area contributed by atoms with Gasteiger partial charge in [0.2, 0.25) is 0 Å². The second-order valence-electron chi connectivity index (χ2n) is 5.00. The molecule has 98 valence electrons. The van der Waals surface area contributed by atoms with Crippen molar-refractivity contribution in [3.05, 3.63) is 17.5 Å². The monoisotopic (exact) mass is 267 g/mol. The molecule has 0 aliphatic heterocycles. The average molecular weight is 268 g/mol. The zero-order valence-electron chi connectivity index (χ0n) is 11.1. The normalized spacial score (nSPS) is 13.2. The third kappa shape index (κ3) is 2.56. The Morgan fingerprint density at radius 1 is 1.39 bits per heavy atom. The fourth-order valence-corrected chi connectivity index (χ4v) is 2.26. The van der Waals surface area contributed by atoms with Gasteiger partial charge in [0.05, 0.1) is 0 Å². The summed E-state index contributed by atoms with van der Waals surface area (Å²) in [5.74, 6) is 2.09. The molecular weight excluding hydrogens is 250 g/mol. The third-order valence-corrected chi connectivity index (χ3v) is 3.23. The second-order valence-corrected chi connectivity index (χ2v) is 5.39. The molecule has 0 saturated heterocycles. The molecule has 0 amide bonds. The van der Waals surface area contributed by atoms with Crippen molar-refractivity contribution in [1.82, 2.24) is 19.6 Å². The molecule has 2 aromatic rings. The van der Waals surface area contributed by atoms with Crippen molar-refractivity contribution in [1.29, 1.82) is 0 Å². The molecule has 0 fully saturated rings. The molecule has 0 aliphatic rings. The minimum Gasteiger partial charge on any atom is -0.357 e. The van der Waals surface area contributed by atoms with Gasteiger partial charge < -0.3 is 4.90 Å². The van der Waals surface area contributed by atoms with Gasteiger partial charge in [0.15, 0.2) is 0 Å². The number of halogens is 1. The van der Waals surface area contributed by atoms with E-state index in [1.807, 2.05) is 13.1 Å². The van der Waals surface area contributed by atoms with Gasteiger partial charge in [-0.25, -0.2) is 0 Å². The van der Waals surface area contributed by atoms with Crippen molar-refractivity contribution in [3.8, 4) is 0 Å². The summed E-state index contributed by atoms with van der Waals surface area (Å²) in [5, 5.41) is 4.62. The number of nitrogens with zero attached hydrogens (tertiary/aromatic N) is 5. The predicted molar refractivity (Wildman–Crippen MR) is 73.1 cm³/mol. The maximum atomic E-state index is 6.02. The highest BCUT2D eigenvalue weighted by atomic mass is 35.5. The Bertz CT molecular complexity index is 536. The summed E-state index contributed by atoms with van der Waals surface area (Å²) < 4.78 is 1.71. The Balaban J connectivity index is 2.37.